The average Bonchev–Trinajstić information content (AvgIpc) is 3.07. The molecule has 0 saturated carbocycles. The number of hydrogen-bond acceptors (Lipinski definition) is 6. The molecule has 0 aromatic carbocycles. The van der Waals surface area contributed by atoms with Crippen LogP contribution in [0.25, 0.3) is 0 Å². The van der Waals surface area contributed by atoms with Gasteiger partial charge in [-0.3, -0.25) is 0 Å². The number of fused-ring (bicyclic) bond motifs is 1. The second kappa shape index (κ2) is 7.21. The third kappa shape index (κ3) is 4.44. The third-order valence-corrected chi connectivity index (χ3v) is 7.67. The Morgan fingerprint density at radius 2 is 1.96 bits per heavy atom. The van der Waals surface area contributed by atoms with Crippen LogP contribution in [0, 0.1) is 5.41 Å². The molecule has 27 heavy (non-hydrogen) atoms. The molecule has 8 heteroatoms. The molecule has 6 nitrogen and oxygen atoms in total. The normalized spacial score (nSPS) is 23.4. The number of nitrogens with one attached hydrogen (secondary N) is 1. The van der Waals surface area contributed by atoms with E-state index in [1.54, 1.807) is 16.2 Å². The number of likely N-dealkylation sites (tertiary alicyclic amines) is 1. The molecule has 1 aliphatic heterocycles. The maximum atomic E-state index is 12.8. The monoisotopic (exact) mass is 413 g/mol. The summed E-state index contributed by atoms with van der Waals surface area (Å²) in [5.74, 6) is 0. The topological polar surface area (TPSA) is 77.5 Å². The van der Waals surface area contributed by atoms with E-state index in [2.05, 4.69) is 9.71 Å². The van der Waals surface area contributed by atoms with Crippen LogP contribution in [0.4, 0.5) is 4.79 Å². The number of carbonyl (C=O) groups is 1. The lowest BCUT2D eigenvalue weighted by Gasteiger charge is -2.43. The fraction of sp³-hybridized carbons (Fsp3) is 0.789. The molecule has 1 aromatic heterocycles. The number of amides is 1. The molecule has 0 unspecified atom stereocenters. The second-order valence-electron chi connectivity index (χ2n) is 9.60. The zero-order valence-corrected chi connectivity index (χ0v) is 18.8. The first-order valence-electron chi connectivity index (χ1n) is 9.50. The standard InChI is InChI=1S/C19H31N3O3S2/c1-17(2,3)25-16(23)22-9-7-19(8-10-22)11-13-14(20-12-26-13)15(19)21-27(24)18(4,5)6/h12,15,21H,7-11H2,1-6H3/t15-,27-/m0/s1. The van der Waals surface area contributed by atoms with Gasteiger partial charge >= 0.3 is 6.09 Å². The van der Waals surface area contributed by atoms with E-state index in [1.807, 2.05) is 47.1 Å². The molecule has 1 saturated heterocycles. The van der Waals surface area contributed by atoms with Gasteiger partial charge in [-0.25, -0.2) is 9.78 Å². The lowest BCUT2D eigenvalue weighted by molar-refractivity contribution is 0.00707. The van der Waals surface area contributed by atoms with Crippen molar-refractivity contribution < 1.29 is 14.1 Å². The maximum Gasteiger partial charge on any atom is 0.410 e. The number of ether oxygens (including phenoxy) is 1. The fourth-order valence-corrected chi connectivity index (χ4v) is 5.63. The van der Waals surface area contributed by atoms with Crippen LogP contribution in [0.3, 0.4) is 0 Å². The Hall–Kier alpha value is -0.830. The molecular weight excluding hydrogens is 382 g/mol. The zero-order chi connectivity index (χ0) is 20.0. The summed E-state index contributed by atoms with van der Waals surface area (Å²) in [6.45, 7) is 12.9. The summed E-state index contributed by atoms with van der Waals surface area (Å²) in [4.78, 5) is 20.1. The van der Waals surface area contributed by atoms with Crippen LogP contribution < -0.4 is 4.72 Å². The van der Waals surface area contributed by atoms with Gasteiger partial charge in [-0.05, 0) is 60.8 Å². The van der Waals surface area contributed by atoms with Gasteiger partial charge in [-0.1, -0.05) is 0 Å². The number of nitrogens with zero attached hydrogens (tertiary/aromatic N) is 2. The van der Waals surface area contributed by atoms with E-state index >= 15 is 0 Å². The number of piperidine rings is 1. The lowest BCUT2D eigenvalue weighted by Crippen LogP contribution is -2.51. The van der Waals surface area contributed by atoms with Gasteiger partial charge < -0.3 is 14.2 Å². The highest BCUT2D eigenvalue weighted by molar-refractivity contribution is 7.90. The highest BCUT2D eigenvalue weighted by atomic mass is 32.2. The van der Waals surface area contributed by atoms with Crippen molar-refractivity contribution in [1.29, 1.82) is 0 Å². The SMILES string of the molecule is CC(C)(C)OC(=O)N1CCC2(CC1)Cc1scnc1[C@@H]2N[S@@+]([O-])C(C)(C)C. The minimum absolute atomic E-state index is 0.0282. The smallest absolute Gasteiger partial charge is 0.410 e. The Bertz CT molecular complexity index is 685. The number of hydrogen-bond donors (Lipinski definition) is 1. The molecular formula is C19H31N3O3S2. The van der Waals surface area contributed by atoms with Crippen molar-refractivity contribution >= 4 is 28.8 Å². The van der Waals surface area contributed by atoms with Gasteiger partial charge in [-0.15, -0.1) is 16.1 Å². The number of rotatable bonds is 2. The van der Waals surface area contributed by atoms with Crippen molar-refractivity contribution in [2.45, 2.75) is 77.2 Å². The number of carbonyl (C=O) groups excluding carboxylic acids is 1. The van der Waals surface area contributed by atoms with Crippen LogP contribution in [-0.4, -0.2) is 44.0 Å². The van der Waals surface area contributed by atoms with Gasteiger partial charge in [0.15, 0.2) is 0 Å². The first-order chi connectivity index (χ1) is 12.4. The molecule has 1 aliphatic carbocycles. The lowest BCUT2D eigenvalue weighted by atomic mass is 9.74. The van der Waals surface area contributed by atoms with Crippen molar-refractivity contribution in [2.24, 2.45) is 5.41 Å². The molecule has 152 valence electrons. The quantitative estimate of drug-likeness (QED) is 0.746. The minimum atomic E-state index is -1.17. The summed E-state index contributed by atoms with van der Waals surface area (Å²) in [7, 11) is 0. The third-order valence-electron chi connectivity index (χ3n) is 5.26. The first kappa shape index (κ1) is 20.9. The molecule has 3 rings (SSSR count). The average molecular weight is 414 g/mol. The molecule has 1 amide bonds. The molecule has 2 aliphatic rings. The van der Waals surface area contributed by atoms with Gasteiger partial charge in [0, 0.05) is 34.7 Å². The molecule has 1 spiro atoms. The van der Waals surface area contributed by atoms with E-state index in [0.717, 1.165) is 25.0 Å². The summed E-state index contributed by atoms with van der Waals surface area (Å²) in [6, 6.07) is -0.0282. The first-order valence-corrected chi connectivity index (χ1v) is 11.5. The molecule has 0 bridgehead atoms. The zero-order valence-electron chi connectivity index (χ0n) is 17.1. The van der Waals surface area contributed by atoms with E-state index in [1.165, 1.54) is 4.88 Å². The predicted octanol–water partition coefficient (Wildman–Crippen LogP) is 3.81. The number of aromatic nitrogens is 1. The maximum absolute atomic E-state index is 12.8. The Kier molecular flexibility index (Phi) is 5.58. The van der Waals surface area contributed by atoms with Gasteiger partial charge in [0.05, 0.1) is 11.2 Å². The van der Waals surface area contributed by atoms with E-state index < -0.39 is 17.0 Å². The van der Waals surface area contributed by atoms with Gasteiger partial charge in [-0.2, -0.15) is 0 Å². The van der Waals surface area contributed by atoms with Crippen LogP contribution in [0.1, 0.15) is 71.0 Å². The van der Waals surface area contributed by atoms with Crippen molar-refractivity contribution in [3.05, 3.63) is 16.1 Å². The molecule has 0 radical (unpaired) electrons. The summed E-state index contributed by atoms with van der Waals surface area (Å²) in [6.07, 6.45) is 2.41. The molecule has 2 heterocycles. The predicted molar refractivity (Wildman–Crippen MR) is 109 cm³/mol. The van der Waals surface area contributed by atoms with E-state index in [-0.39, 0.29) is 22.3 Å². The van der Waals surface area contributed by atoms with Gasteiger partial charge in [0.2, 0.25) is 0 Å². The Morgan fingerprint density at radius 1 is 1.33 bits per heavy atom. The Labute approximate surface area is 169 Å². The summed E-state index contributed by atoms with van der Waals surface area (Å²) in [5, 5.41) is 0. The summed E-state index contributed by atoms with van der Waals surface area (Å²) >= 11 is 0.510. The van der Waals surface area contributed by atoms with E-state index in [9.17, 15) is 9.35 Å². The number of thiazole rings is 1. The van der Waals surface area contributed by atoms with E-state index in [4.69, 9.17) is 4.74 Å². The molecule has 1 aromatic rings. The second-order valence-corrected chi connectivity index (χ2v) is 12.5. The van der Waals surface area contributed by atoms with Crippen LogP contribution in [-0.2, 0) is 22.5 Å². The summed E-state index contributed by atoms with van der Waals surface area (Å²) in [5.41, 5.74) is 2.40. The van der Waals surface area contributed by atoms with Crippen molar-refractivity contribution in [3.63, 3.8) is 0 Å². The highest BCUT2D eigenvalue weighted by Crippen LogP contribution is 2.53. The molecule has 1 fully saturated rings. The van der Waals surface area contributed by atoms with Gasteiger partial charge in [0.25, 0.3) is 0 Å². The van der Waals surface area contributed by atoms with Crippen LogP contribution in [0.15, 0.2) is 5.51 Å². The van der Waals surface area contributed by atoms with Gasteiger partial charge in [0.1, 0.15) is 16.4 Å². The largest absolute Gasteiger partial charge is 0.598 e. The van der Waals surface area contributed by atoms with Crippen LogP contribution >= 0.6 is 11.3 Å². The van der Waals surface area contributed by atoms with Crippen molar-refractivity contribution in [2.75, 3.05) is 13.1 Å². The Morgan fingerprint density at radius 3 is 2.52 bits per heavy atom. The van der Waals surface area contributed by atoms with Crippen molar-refractivity contribution in [3.8, 4) is 0 Å². The van der Waals surface area contributed by atoms with E-state index in [0.29, 0.717) is 13.1 Å². The fourth-order valence-electron chi connectivity index (χ4n) is 3.75. The molecule has 2 atom stereocenters. The van der Waals surface area contributed by atoms with Crippen molar-refractivity contribution in [1.82, 2.24) is 14.6 Å². The molecule has 1 N–H and O–H groups in total. The van der Waals surface area contributed by atoms with Crippen LogP contribution in [0.5, 0.6) is 0 Å². The Balaban J connectivity index is 1.73. The van der Waals surface area contributed by atoms with Crippen LogP contribution in [0.2, 0.25) is 0 Å². The highest BCUT2D eigenvalue weighted by Gasteiger charge is 2.52. The summed E-state index contributed by atoms with van der Waals surface area (Å²) < 4.78 is 21.4. The minimum Gasteiger partial charge on any atom is -0.598 e.